The Kier molecular flexibility index (Phi) is 5.27. The third kappa shape index (κ3) is 4.74. The van der Waals surface area contributed by atoms with E-state index in [-0.39, 0.29) is 22.6 Å². The van der Waals surface area contributed by atoms with Gasteiger partial charge in [0, 0.05) is 0 Å². The fraction of sp³-hybridized carbons (Fsp3) is 0.316. The molecule has 4 nitrogen and oxygen atoms in total. The van der Waals surface area contributed by atoms with Crippen molar-refractivity contribution in [3.05, 3.63) is 59.7 Å². The summed E-state index contributed by atoms with van der Waals surface area (Å²) >= 11 is 0. The molecular formula is C19H23NO3. The van der Waals surface area contributed by atoms with Crippen LogP contribution in [0.1, 0.15) is 36.7 Å². The minimum absolute atomic E-state index is 0.0244. The summed E-state index contributed by atoms with van der Waals surface area (Å²) in [6.45, 7) is 7.23. The number of benzene rings is 2. The average Bonchev–Trinajstić information content (AvgIpc) is 2.51. The second kappa shape index (κ2) is 7.18. The largest absolute Gasteiger partial charge is 0.507 e. The number of para-hydroxylation sites is 1. The molecule has 0 radical (unpaired) electrons. The molecule has 4 heteroatoms. The van der Waals surface area contributed by atoms with Gasteiger partial charge in [0.25, 0.3) is 5.91 Å². The van der Waals surface area contributed by atoms with Gasteiger partial charge in [0.1, 0.15) is 18.1 Å². The minimum atomic E-state index is -0.310. The highest BCUT2D eigenvalue weighted by molar-refractivity contribution is 5.96. The second-order valence-electron chi connectivity index (χ2n) is 6.40. The van der Waals surface area contributed by atoms with Crippen LogP contribution in [0.5, 0.6) is 11.5 Å². The van der Waals surface area contributed by atoms with E-state index in [9.17, 15) is 9.90 Å². The van der Waals surface area contributed by atoms with Gasteiger partial charge in [-0.2, -0.15) is 0 Å². The molecule has 0 spiro atoms. The smallest absolute Gasteiger partial charge is 0.255 e. The highest BCUT2D eigenvalue weighted by Gasteiger charge is 2.13. The standard InChI is InChI=1S/C19H23NO3/c1-19(2,3)14-8-10-15(11-9-14)23-13-12-20-18(22)16-6-4-5-7-17(16)21/h4-11,21H,12-13H2,1-3H3,(H,20,22). The number of phenolic OH excluding ortho intramolecular Hbond substituents is 1. The minimum Gasteiger partial charge on any atom is -0.507 e. The maximum atomic E-state index is 11.9. The second-order valence-corrected chi connectivity index (χ2v) is 6.40. The summed E-state index contributed by atoms with van der Waals surface area (Å²) in [4.78, 5) is 11.9. The highest BCUT2D eigenvalue weighted by Crippen LogP contribution is 2.24. The van der Waals surface area contributed by atoms with Gasteiger partial charge in [0.05, 0.1) is 12.1 Å². The van der Waals surface area contributed by atoms with Crippen LogP contribution in [-0.2, 0) is 5.41 Å². The zero-order valence-electron chi connectivity index (χ0n) is 13.8. The fourth-order valence-corrected chi connectivity index (χ4v) is 2.15. The van der Waals surface area contributed by atoms with Crippen molar-refractivity contribution in [2.45, 2.75) is 26.2 Å². The maximum absolute atomic E-state index is 11.9. The number of nitrogens with one attached hydrogen (secondary N) is 1. The Balaban J connectivity index is 1.79. The summed E-state index contributed by atoms with van der Waals surface area (Å²) in [6.07, 6.45) is 0. The molecule has 0 saturated carbocycles. The van der Waals surface area contributed by atoms with E-state index in [0.717, 1.165) is 5.75 Å². The van der Waals surface area contributed by atoms with Crippen molar-refractivity contribution in [1.29, 1.82) is 0 Å². The number of ether oxygens (including phenoxy) is 1. The number of hydrogen-bond donors (Lipinski definition) is 2. The van der Waals surface area contributed by atoms with Crippen molar-refractivity contribution < 1.29 is 14.6 Å². The Morgan fingerprint density at radius 1 is 1.09 bits per heavy atom. The third-order valence-electron chi connectivity index (χ3n) is 3.53. The Morgan fingerprint density at radius 3 is 2.35 bits per heavy atom. The Morgan fingerprint density at radius 2 is 1.74 bits per heavy atom. The number of carbonyl (C=O) groups excluding carboxylic acids is 1. The molecule has 0 aliphatic heterocycles. The molecule has 0 aliphatic rings. The van der Waals surface area contributed by atoms with Crippen LogP contribution in [0.4, 0.5) is 0 Å². The number of amides is 1. The molecule has 0 aromatic heterocycles. The molecule has 0 saturated heterocycles. The number of rotatable bonds is 5. The van der Waals surface area contributed by atoms with E-state index >= 15 is 0 Å². The van der Waals surface area contributed by atoms with E-state index in [4.69, 9.17) is 4.74 Å². The predicted octanol–water partition coefficient (Wildman–Crippen LogP) is 3.50. The number of phenols is 1. The van der Waals surface area contributed by atoms with Gasteiger partial charge >= 0.3 is 0 Å². The SMILES string of the molecule is CC(C)(C)c1ccc(OCCNC(=O)c2ccccc2O)cc1. The lowest BCUT2D eigenvalue weighted by atomic mass is 9.87. The van der Waals surface area contributed by atoms with Crippen LogP contribution >= 0.6 is 0 Å². The van der Waals surface area contributed by atoms with Crippen molar-refractivity contribution in [1.82, 2.24) is 5.32 Å². The topological polar surface area (TPSA) is 58.6 Å². The summed E-state index contributed by atoms with van der Waals surface area (Å²) in [6, 6.07) is 14.4. The van der Waals surface area contributed by atoms with Crippen LogP contribution in [0.3, 0.4) is 0 Å². The molecule has 2 N–H and O–H groups in total. The lowest BCUT2D eigenvalue weighted by Crippen LogP contribution is -2.28. The fourth-order valence-electron chi connectivity index (χ4n) is 2.15. The van der Waals surface area contributed by atoms with Crippen LogP contribution < -0.4 is 10.1 Å². The molecule has 23 heavy (non-hydrogen) atoms. The number of carbonyl (C=O) groups is 1. The molecule has 122 valence electrons. The van der Waals surface area contributed by atoms with Gasteiger partial charge in [-0.1, -0.05) is 45.0 Å². The zero-order valence-corrected chi connectivity index (χ0v) is 13.8. The molecule has 0 heterocycles. The first-order valence-corrected chi connectivity index (χ1v) is 7.67. The number of hydrogen-bond acceptors (Lipinski definition) is 3. The van der Waals surface area contributed by atoms with Gasteiger partial charge in [-0.15, -0.1) is 0 Å². The molecule has 2 aromatic rings. The van der Waals surface area contributed by atoms with Gasteiger partial charge < -0.3 is 15.2 Å². The number of aromatic hydroxyl groups is 1. The Labute approximate surface area is 137 Å². The Bertz CT molecular complexity index is 657. The maximum Gasteiger partial charge on any atom is 0.255 e. The van der Waals surface area contributed by atoms with Crippen molar-refractivity contribution >= 4 is 5.91 Å². The lowest BCUT2D eigenvalue weighted by Gasteiger charge is -2.19. The molecule has 0 unspecified atom stereocenters. The van der Waals surface area contributed by atoms with Crippen LogP contribution in [-0.4, -0.2) is 24.2 Å². The molecule has 2 rings (SSSR count). The molecule has 0 bridgehead atoms. The molecule has 0 atom stereocenters. The molecule has 0 aliphatic carbocycles. The van der Waals surface area contributed by atoms with E-state index in [1.165, 1.54) is 11.6 Å². The Hall–Kier alpha value is -2.49. The normalized spacial score (nSPS) is 11.1. The summed E-state index contributed by atoms with van der Waals surface area (Å²) in [7, 11) is 0. The van der Waals surface area contributed by atoms with E-state index < -0.39 is 0 Å². The molecular weight excluding hydrogens is 290 g/mol. The van der Waals surface area contributed by atoms with Gasteiger partial charge in [-0.05, 0) is 35.2 Å². The average molecular weight is 313 g/mol. The van der Waals surface area contributed by atoms with Crippen LogP contribution in [0.2, 0.25) is 0 Å². The van der Waals surface area contributed by atoms with Crippen molar-refractivity contribution in [3.8, 4) is 11.5 Å². The molecule has 2 aromatic carbocycles. The lowest BCUT2D eigenvalue weighted by molar-refractivity contribution is 0.0944. The molecule has 0 fully saturated rings. The summed E-state index contributed by atoms with van der Waals surface area (Å²) in [5.41, 5.74) is 1.63. The van der Waals surface area contributed by atoms with Crippen molar-refractivity contribution in [2.75, 3.05) is 13.2 Å². The predicted molar refractivity (Wildman–Crippen MR) is 91.1 cm³/mol. The summed E-state index contributed by atoms with van der Waals surface area (Å²) < 4.78 is 5.61. The van der Waals surface area contributed by atoms with Gasteiger partial charge in [0.2, 0.25) is 0 Å². The van der Waals surface area contributed by atoms with Gasteiger partial charge in [-0.25, -0.2) is 0 Å². The van der Waals surface area contributed by atoms with E-state index in [0.29, 0.717) is 13.2 Å². The zero-order chi connectivity index (χ0) is 16.9. The molecule has 1 amide bonds. The van der Waals surface area contributed by atoms with Gasteiger partial charge in [-0.3, -0.25) is 4.79 Å². The highest BCUT2D eigenvalue weighted by atomic mass is 16.5. The third-order valence-corrected chi connectivity index (χ3v) is 3.53. The van der Waals surface area contributed by atoms with Crippen molar-refractivity contribution in [3.63, 3.8) is 0 Å². The quantitative estimate of drug-likeness (QED) is 0.831. The van der Waals surface area contributed by atoms with Crippen LogP contribution in [0.25, 0.3) is 0 Å². The first-order valence-electron chi connectivity index (χ1n) is 7.67. The van der Waals surface area contributed by atoms with Crippen molar-refractivity contribution in [2.24, 2.45) is 0 Å². The van der Waals surface area contributed by atoms with E-state index in [1.54, 1.807) is 18.2 Å². The van der Waals surface area contributed by atoms with Crippen LogP contribution in [0.15, 0.2) is 48.5 Å². The monoisotopic (exact) mass is 313 g/mol. The first-order chi connectivity index (χ1) is 10.9. The van der Waals surface area contributed by atoms with Gasteiger partial charge in [0.15, 0.2) is 0 Å². The van der Waals surface area contributed by atoms with E-state index in [1.807, 2.05) is 12.1 Å². The first kappa shape index (κ1) is 16.9. The summed E-state index contributed by atoms with van der Waals surface area (Å²) in [5.74, 6) is 0.438. The van der Waals surface area contributed by atoms with Crippen LogP contribution in [0, 0.1) is 0 Å². The van der Waals surface area contributed by atoms with E-state index in [2.05, 4.69) is 38.2 Å². The summed E-state index contributed by atoms with van der Waals surface area (Å²) in [5, 5.41) is 12.3.